The summed E-state index contributed by atoms with van der Waals surface area (Å²) in [5.74, 6) is 2.60. The first-order chi connectivity index (χ1) is 8.06. The zero-order chi connectivity index (χ0) is 12.1. The van der Waals surface area contributed by atoms with Crippen LogP contribution in [-0.2, 0) is 0 Å². The van der Waals surface area contributed by atoms with Crippen LogP contribution >= 0.6 is 0 Å². The molecule has 92 valence electrons. The topological polar surface area (TPSA) is 9.23 Å². The van der Waals surface area contributed by atoms with Crippen LogP contribution in [0, 0.1) is 17.3 Å². The van der Waals surface area contributed by atoms with Crippen LogP contribution in [0.5, 0.6) is 5.75 Å². The van der Waals surface area contributed by atoms with Gasteiger partial charge in [-0.15, -0.1) is 0 Å². The highest BCUT2D eigenvalue weighted by Gasteiger charge is 2.74. The van der Waals surface area contributed by atoms with E-state index in [4.69, 9.17) is 4.74 Å². The summed E-state index contributed by atoms with van der Waals surface area (Å²) in [6.45, 7) is 7.11. The first kappa shape index (κ1) is 11.1. The molecule has 17 heavy (non-hydrogen) atoms. The molecule has 0 heterocycles. The first-order valence-corrected chi connectivity index (χ1v) is 6.80. The Balaban J connectivity index is 1.86. The minimum atomic E-state index is 0.117. The lowest BCUT2D eigenvalue weighted by Gasteiger charge is -2.29. The molecule has 3 rings (SSSR count). The Morgan fingerprint density at radius 1 is 1.12 bits per heavy atom. The average Bonchev–Trinajstić information content (AvgIpc) is 2.75. The smallest absolute Gasteiger partial charge is 0.120 e. The van der Waals surface area contributed by atoms with Crippen LogP contribution in [0.2, 0.25) is 0 Å². The lowest BCUT2D eigenvalue weighted by atomic mass is 9.88. The number of benzene rings is 1. The van der Waals surface area contributed by atoms with E-state index in [2.05, 4.69) is 45.0 Å². The summed E-state index contributed by atoms with van der Waals surface area (Å²) >= 11 is 0. The van der Waals surface area contributed by atoms with Crippen LogP contribution in [0.3, 0.4) is 0 Å². The Labute approximate surface area is 104 Å². The Kier molecular flexibility index (Phi) is 2.30. The zero-order valence-electron chi connectivity index (χ0n) is 11.1. The highest BCUT2D eigenvalue weighted by atomic mass is 16.5. The van der Waals surface area contributed by atoms with Gasteiger partial charge in [0.15, 0.2) is 0 Å². The van der Waals surface area contributed by atoms with Crippen molar-refractivity contribution in [2.75, 3.05) is 0 Å². The molecule has 2 saturated carbocycles. The Morgan fingerprint density at radius 2 is 1.82 bits per heavy atom. The van der Waals surface area contributed by atoms with Gasteiger partial charge in [-0.1, -0.05) is 45.4 Å². The zero-order valence-corrected chi connectivity index (χ0v) is 11.1. The monoisotopic (exact) mass is 230 g/mol. The average molecular weight is 230 g/mol. The van der Waals surface area contributed by atoms with Crippen molar-refractivity contribution in [1.29, 1.82) is 0 Å². The second kappa shape index (κ2) is 3.51. The van der Waals surface area contributed by atoms with Crippen molar-refractivity contribution < 1.29 is 4.74 Å². The van der Waals surface area contributed by atoms with Crippen molar-refractivity contribution in [2.24, 2.45) is 17.3 Å². The predicted octanol–water partition coefficient (Wildman–Crippen LogP) is 4.28. The van der Waals surface area contributed by atoms with Gasteiger partial charge in [-0.25, -0.2) is 0 Å². The molecule has 0 aliphatic heterocycles. The summed E-state index contributed by atoms with van der Waals surface area (Å²) in [5.41, 5.74) is 0.472. The fourth-order valence-corrected chi connectivity index (χ4v) is 3.94. The molecule has 0 radical (unpaired) electrons. The molecular formula is C16H22O. The molecule has 3 atom stereocenters. The molecule has 3 unspecified atom stereocenters. The fraction of sp³-hybridized carbons (Fsp3) is 0.625. The minimum Gasteiger partial charge on any atom is -0.486 e. The van der Waals surface area contributed by atoms with E-state index in [1.54, 1.807) is 0 Å². The molecule has 0 aromatic heterocycles. The van der Waals surface area contributed by atoms with E-state index in [0.717, 1.165) is 17.6 Å². The maximum atomic E-state index is 6.40. The number of hydrogen-bond acceptors (Lipinski definition) is 1. The number of rotatable bonds is 2. The van der Waals surface area contributed by atoms with E-state index >= 15 is 0 Å². The predicted molar refractivity (Wildman–Crippen MR) is 70.1 cm³/mol. The summed E-state index contributed by atoms with van der Waals surface area (Å²) in [6.07, 6.45) is 3.93. The molecule has 0 saturated heterocycles. The quantitative estimate of drug-likeness (QED) is 0.737. The summed E-state index contributed by atoms with van der Waals surface area (Å²) in [4.78, 5) is 0. The molecule has 1 aromatic carbocycles. The van der Waals surface area contributed by atoms with Gasteiger partial charge in [0.1, 0.15) is 11.4 Å². The molecular weight excluding hydrogens is 208 g/mol. The number of hydrogen-bond donors (Lipinski definition) is 0. The molecule has 0 bridgehead atoms. The van der Waals surface area contributed by atoms with Crippen molar-refractivity contribution in [3.63, 3.8) is 0 Å². The number of fused-ring (bicyclic) bond motifs is 1. The van der Waals surface area contributed by atoms with Gasteiger partial charge in [-0.3, -0.25) is 0 Å². The molecule has 2 aliphatic carbocycles. The van der Waals surface area contributed by atoms with Crippen LogP contribution in [0.15, 0.2) is 30.3 Å². The van der Waals surface area contributed by atoms with Crippen molar-refractivity contribution in [3.8, 4) is 5.75 Å². The van der Waals surface area contributed by atoms with E-state index in [0.29, 0.717) is 5.41 Å². The van der Waals surface area contributed by atoms with Crippen molar-refractivity contribution in [2.45, 2.75) is 45.6 Å². The Morgan fingerprint density at radius 3 is 2.53 bits per heavy atom. The van der Waals surface area contributed by atoms with E-state index in [9.17, 15) is 0 Å². The molecule has 0 spiro atoms. The minimum absolute atomic E-state index is 0.117. The molecule has 0 amide bonds. The van der Waals surface area contributed by atoms with Crippen molar-refractivity contribution in [3.05, 3.63) is 30.3 Å². The molecule has 2 aliphatic rings. The van der Waals surface area contributed by atoms with Gasteiger partial charge < -0.3 is 4.74 Å². The molecule has 1 nitrogen and oxygen atoms in total. The van der Waals surface area contributed by atoms with Crippen LogP contribution in [0.25, 0.3) is 0 Å². The van der Waals surface area contributed by atoms with Gasteiger partial charge in [0, 0.05) is 11.3 Å². The summed E-state index contributed by atoms with van der Waals surface area (Å²) in [6, 6.07) is 10.3. The van der Waals surface area contributed by atoms with Gasteiger partial charge >= 0.3 is 0 Å². The van der Waals surface area contributed by atoms with Gasteiger partial charge in [-0.2, -0.15) is 0 Å². The highest BCUT2D eigenvalue weighted by Crippen LogP contribution is 2.70. The molecule has 1 heteroatoms. The molecule has 1 aromatic rings. The van der Waals surface area contributed by atoms with E-state index in [-0.39, 0.29) is 5.60 Å². The summed E-state index contributed by atoms with van der Waals surface area (Å²) in [7, 11) is 0. The Bertz CT molecular complexity index is 409. The van der Waals surface area contributed by atoms with E-state index in [1.807, 2.05) is 6.07 Å². The summed E-state index contributed by atoms with van der Waals surface area (Å²) in [5, 5.41) is 0. The van der Waals surface area contributed by atoms with Gasteiger partial charge in [0.05, 0.1) is 0 Å². The molecule has 0 N–H and O–H groups in total. The largest absolute Gasteiger partial charge is 0.486 e. The highest BCUT2D eigenvalue weighted by molar-refractivity contribution is 5.29. The van der Waals surface area contributed by atoms with Gasteiger partial charge in [-0.05, 0) is 30.9 Å². The second-order valence-corrected chi connectivity index (χ2v) is 6.47. The SMILES string of the molecule is CC1CCC2C(C)(C)C2(Oc2ccccc2)C1. The maximum absolute atomic E-state index is 6.40. The molecule has 2 fully saturated rings. The maximum Gasteiger partial charge on any atom is 0.120 e. The lowest BCUT2D eigenvalue weighted by molar-refractivity contribution is 0.0847. The normalized spacial score (nSPS) is 38.3. The summed E-state index contributed by atoms with van der Waals surface area (Å²) < 4.78 is 6.40. The second-order valence-electron chi connectivity index (χ2n) is 6.47. The third-order valence-electron chi connectivity index (χ3n) is 5.08. The van der Waals surface area contributed by atoms with Crippen molar-refractivity contribution >= 4 is 0 Å². The third-order valence-corrected chi connectivity index (χ3v) is 5.08. The van der Waals surface area contributed by atoms with Gasteiger partial charge in [0.25, 0.3) is 0 Å². The van der Waals surface area contributed by atoms with Crippen LogP contribution in [-0.4, -0.2) is 5.60 Å². The third kappa shape index (κ3) is 1.51. The number of para-hydroxylation sites is 1. The van der Waals surface area contributed by atoms with Crippen LogP contribution < -0.4 is 4.74 Å². The number of ether oxygens (including phenoxy) is 1. The van der Waals surface area contributed by atoms with Crippen molar-refractivity contribution in [1.82, 2.24) is 0 Å². The Hall–Kier alpha value is -0.980. The van der Waals surface area contributed by atoms with E-state index in [1.165, 1.54) is 19.3 Å². The van der Waals surface area contributed by atoms with Crippen LogP contribution in [0.1, 0.15) is 40.0 Å². The first-order valence-electron chi connectivity index (χ1n) is 6.80. The standard InChI is InChI=1S/C16H22O/c1-12-9-10-14-15(2,3)16(14,11-12)17-13-7-5-4-6-8-13/h4-8,12,14H,9-11H2,1-3H3. The van der Waals surface area contributed by atoms with Gasteiger partial charge in [0.2, 0.25) is 0 Å². The lowest BCUT2D eigenvalue weighted by Crippen LogP contribution is -2.30. The van der Waals surface area contributed by atoms with Crippen LogP contribution in [0.4, 0.5) is 0 Å². The van der Waals surface area contributed by atoms with E-state index < -0.39 is 0 Å². The fourth-order valence-electron chi connectivity index (χ4n) is 3.94.